The second-order valence-electron chi connectivity index (χ2n) is 6.36. The van der Waals surface area contributed by atoms with Gasteiger partial charge in [-0.1, -0.05) is 11.8 Å². The molecule has 0 unspecified atom stereocenters. The fraction of sp³-hybridized carbons (Fsp3) is 0.389. The maximum Gasteiger partial charge on any atom is 0.339 e. The molecule has 0 saturated carbocycles. The van der Waals surface area contributed by atoms with Crippen molar-refractivity contribution in [2.24, 2.45) is 0 Å². The summed E-state index contributed by atoms with van der Waals surface area (Å²) in [6.45, 7) is 5.13. The second kappa shape index (κ2) is 8.46. The highest BCUT2D eigenvalue weighted by Gasteiger charge is 2.26. The van der Waals surface area contributed by atoms with E-state index in [1.807, 2.05) is 0 Å². The lowest BCUT2D eigenvalue weighted by Gasteiger charge is -2.12. The van der Waals surface area contributed by atoms with E-state index in [-0.39, 0.29) is 10.7 Å². The Morgan fingerprint density at radius 3 is 2.39 bits per heavy atom. The van der Waals surface area contributed by atoms with E-state index in [4.69, 9.17) is 4.74 Å². The van der Waals surface area contributed by atoms with Crippen LogP contribution in [0.4, 0.5) is 0 Å². The fourth-order valence-corrected chi connectivity index (χ4v) is 4.34. The number of carbonyl (C=O) groups excluding carboxylic acids is 2. The third-order valence-corrected chi connectivity index (χ3v) is 7.08. The topological polar surface area (TPSA) is 109 Å². The quantitative estimate of drug-likeness (QED) is 0.412. The van der Waals surface area contributed by atoms with Crippen LogP contribution < -0.4 is 0 Å². The molecule has 10 heteroatoms. The number of aromatic amines is 1. The zero-order chi connectivity index (χ0) is 21.2. The maximum absolute atomic E-state index is 12.8. The highest BCUT2D eigenvalue weighted by atomic mass is 32.2. The Hall–Kier alpha value is -2.17. The number of hydrogen-bond acceptors (Lipinski definition) is 7. The van der Waals surface area contributed by atoms with Crippen LogP contribution in [-0.2, 0) is 14.8 Å². The minimum absolute atomic E-state index is 0.0828. The van der Waals surface area contributed by atoms with Gasteiger partial charge in [-0.3, -0.25) is 4.79 Å². The average molecular weight is 426 g/mol. The van der Waals surface area contributed by atoms with Crippen LogP contribution in [0.2, 0.25) is 0 Å². The molecular formula is C18H23N3O5S2. The summed E-state index contributed by atoms with van der Waals surface area (Å²) in [6.07, 6.45) is 1.27. The molecule has 2 aromatic heterocycles. The van der Waals surface area contributed by atoms with Crippen LogP contribution in [0.1, 0.15) is 39.0 Å². The molecule has 0 spiro atoms. The SMILES string of the molecule is COC(=O)c1c(C)[nH]c(C(=O)[C@@H](C)Sc2ccc(S(=O)(=O)N(C)C)cn2)c1C. The molecule has 152 valence electrons. The van der Waals surface area contributed by atoms with Gasteiger partial charge in [0.05, 0.1) is 28.6 Å². The molecule has 8 nitrogen and oxygen atoms in total. The summed E-state index contributed by atoms with van der Waals surface area (Å²) < 4.78 is 30.1. The Morgan fingerprint density at radius 2 is 1.89 bits per heavy atom. The number of carbonyl (C=O) groups is 2. The predicted molar refractivity (Wildman–Crippen MR) is 106 cm³/mol. The van der Waals surface area contributed by atoms with Gasteiger partial charge in [-0.15, -0.1) is 0 Å². The van der Waals surface area contributed by atoms with E-state index in [0.29, 0.717) is 27.5 Å². The average Bonchev–Trinajstić information content (AvgIpc) is 2.95. The van der Waals surface area contributed by atoms with Gasteiger partial charge < -0.3 is 9.72 Å². The van der Waals surface area contributed by atoms with E-state index in [1.54, 1.807) is 26.8 Å². The number of H-pyrrole nitrogens is 1. The Balaban J connectivity index is 2.21. The van der Waals surface area contributed by atoms with Gasteiger partial charge in [-0.25, -0.2) is 22.5 Å². The van der Waals surface area contributed by atoms with E-state index < -0.39 is 21.2 Å². The van der Waals surface area contributed by atoms with E-state index in [1.165, 1.54) is 45.2 Å². The highest BCUT2D eigenvalue weighted by Crippen LogP contribution is 2.27. The van der Waals surface area contributed by atoms with Gasteiger partial charge in [0.2, 0.25) is 10.0 Å². The molecule has 0 radical (unpaired) electrons. The highest BCUT2D eigenvalue weighted by molar-refractivity contribution is 8.00. The molecule has 0 fully saturated rings. The Bertz CT molecular complexity index is 995. The molecule has 28 heavy (non-hydrogen) atoms. The Morgan fingerprint density at radius 1 is 1.25 bits per heavy atom. The second-order valence-corrected chi connectivity index (χ2v) is 9.87. The van der Waals surface area contributed by atoms with E-state index in [0.717, 1.165) is 4.31 Å². The van der Waals surface area contributed by atoms with Crippen molar-refractivity contribution in [2.75, 3.05) is 21.2 Å². The molecule has 2 aromatic rings. The van der Waals surface area contributed by atoms with Crippen LogP contribution in [0.3, 0.4) is 0 Å². The Labute approximate surface area is 168 Å². The molecule has 0 aliphatic rings. The first-order chi connectivity index (χ1) is 13.0. The smallest absolute Gasteiger partial charge is 0.339 e. The number of methoxy groups -OCH3 is 1. The summed E-state index contributed by atoms with van der Waals surface area (Å²) >= 11 is 1.21. The predicted octanol–water partition coefficient (Wildman–Crippen LogP) is 2.43. The summed E-state index contributed by atoms with van der Waals surface area (Å²) in [5.41, 5.74) is 1.83. The van der Waals surface area contributed by atoms with Gasteiger partial charge in [0.1, 0.15) is 4.90 Å². The third-order valence-electron chi connectivity index (χ3n) is 4.23. The van der Waals surface area contributed by atoms with Crippen LogP contribution >= 0.6 is 11.8 Å². The molecule has 1 atom stereocenters. The molecule has 0 bridgehead atoms. The number of esters is 1. The largest absolute Gasteiger partial charge is 0.465 e. The third kappa shape index (κ3) is 4.29. The van der Waals surface area contributed by atoms with Gasteiger partial charge in [0.25, 0.3) is 0 Å². The van der Waals surface area contributed by atoms with E-state index in [9.17, 15) is 18.0 Å². The number of ketones is 1. The number of pyridine rings is 1. The van der Waals surface area contributed by atoms with E-state index in [2.05, 4.69) is 9.97 Å². The number of Topliss-reactive ketones (excluding diaryl/α,β-unsaturated/α-hetero) is 1. The number of nitrogens with one attached hydrogen (secondary N) is 1. The van der Waals surface area contributed by atoms with Crippen LogP contribution in [0, 0.1) is 13.8 Å². The van der Waals surface area contributed by atoms with E-state index >= 15 is 0 Å². The number of hydrogen-bond donors (Lipinski definition) is 1. The van der Waals surface area contributed by atoms with Gasteiger partial charge in [-0.05, 0) is 38.5 Å². The van der Waals surface area contributed by atoms with Crippen molar-refractivity contribution in [3.05, 3.63) is 40.8 Å². The number of thioether (sulfide) groups is 1. The normalized spacial score (nSPS) is 12.8. The first-order valence-corrected chi connectivity index (χ1v) is 10.7. The van der Waals surface area contributed by atoms with Gasteiger partial charge >= 0.3 is 5.97 Å². The molecule has 0 aromatic carbocycles. The first-order valence-electron chi connectivity index (χ1n) is 8.37. The number of ether oxygens (including phenoxy) is 1. The number of sulfonamides is 1. The summed E-state index contributed by atoms with van der Waals surface area (Å²) in [7, 11) is 0.631. The molecular weight excluding hydrogens is 402 g/mol. The lowest BCUT2D eigenvalue weighted by molar-refractivity contribution is 0.0599. The molecule has 2 rings (SSSR count). The molecule has 1 N–H and O–H groups in total. The lowest BCUT2D eigenvalue weighted by Crippen LogP contribution is -2.22. The number of aryl methyl sites for hydroxylation is 1. The van der Waals surface area contributed by atoms with Crippen molar-refractivity contribution >= 4 is 33.5 Å². The van der Waals surface area contributed by atoms with Crippen LogP contribution in [0.25, 0.3) is 0 Å². The van der Waals surface area contributed by atoms with Gasteiger partial charge in [0.15, 0.2) is 5.78 Å². The summed E-state index contributed by atoms with van der Waals surface area (Å²) in [6, 6.07) is 3.03. The number of aromatic nitrogens is 2. The van der Waals surface area contributed by atoms with Crippen LogP contribution in [-0.4, -0.2) is 60.9 Å². The maximum atomic E-state index is 12.8. The lowest BCUT2D eigenvalue weighted by atomic mass is 10.1. The number of rotatable bonds is 7. The standard InChI is InChI=1S/C18H23N3O5S2/c1-10-15(18(23)26-6)11(2)20-16(10)17(22)12(3)27-14-8-7-13(9-19-14)28(24,25)21(4)5/h7-9,12,20H,1-6H3/t12-/m1/s1. The molecule has 0 amide bonds. The summed E-state index contributed by atoms with van der Waals surface area (Å²) in [5.74, 6) is -0.683. The van der Waals surface area contributed by atoms with Crippen molar-refractivity contribution < 1.29 is 22.7 Å². The summed E-state index contributed by atoms with van der Waals surface area (Å²) in [4.78, 5) is 31.9. The zero-order valence-corrected chi connectivity index (χ0v) is 18.2. The van der Waals surface area contributed by atoms with Crippen LogP contribution in [0.5, 0.6) is 0 Å². The molecule has 0 saturated heterocycles. The fourth-order valence-electron chi connectivity index (χ4n) is 2.64. The zero-order valence-electron chi connectivity index (χ0n) is 16.6. The van der Waals surface area contributed by atoms with Crippen molar-refractivity contribution in [1.82, 2.24) is 14.3 Å². The van der Waals surface area contributed by atoms with Gasteiger partial charge in [0, 0.05) is 26.0 Å². The summed E-state index contributed by atoms with van der Waals surface area (Å²) in [5, 5.41) is 0.0266. The van der Waals surface area contributed by atoms with Crippen molar-refractivity contribution in [3.63, 3.8) is 0 Å². The molecule has 2 heterocycles. The van der Waals surface area contributed by atoms with Crippen molar-refractivity contribution in [2.45, 2.75) is 35.9 Å². The Kier molecular flexibility index (Phi) is 6.68. The van der Waals surface area contributed by atoms with Crippen molar-refractivity contribution in [1.29, 1.82) is 0 Å². The minimum atomic E-state index is -3.55. The molecule has 0 aliphatic carbocycles. The monoisotopic (exact) mass is 425 g/mol. The van der Waals surface area contributed by atoms with Gasteiger partial charge in [-0.2, -0.15) is 0 Å². The van der Waals surface area contributed by atoms with Crippen LogP contribution in [0.15, 0.2) is 28.3 Å². The number of nitrogens with zero attached hydrogens (tertiary/aromatic N) is 2. The minimum Gasteiger partial charge on any atom is -0.465 e. The van der Waals surface area contributed by atoms with Crippen molar-refractivity contribution in [3.8, 4) is 0 Å². The first kappa shape index (κ1) is 22.1. The molecule has 0 aliphatic heterocycles.